The lowest BCUT2D eigenvalue weighted by Crippen LogP contribution is -2.27. The zero-order valence-corrected chi connectivity index (χ0v) is 18.6. The van der Waals surface area contributed by atoms with Gasteiger partial charge in [0.15, 0.2) is 6.61 Å². The summed E-state index contributed by atoms with van der Waals surface area (Å²) in [5.74, 6) is 1.24. The average molecular weight is 456 g/mol. The molecule has 1 amide bonds. The maximum absolute atomic E-state index is 12.7. The van der Waals surface area contributed by atoms with Crippen molar-refractivity contribution in [2.75, 3.05) is 25.0 Å². The van der Waals surface area contributed by atoms with Crippen LogP contribution in [0.5, 0.6) is 5.75 Å². The lowest BCUT2D eigenvalue weighted by molar-refractivity contribution is -0.118. The zero-order chi connectivity index (χ0) is 21.7. The van der Waals surface area contributed by atoms with Gasteiger partial charge in [-0.15, -0.1) is 0 Å². The van der Waals surface area contributed by atoms with Crippen molar-refractivity contribution in [3.63, 3.8) is 0 Å². The van der Waals surface area contributed by atoms with Crippen LogP contribution in [0.1, 0.15) is 38.2 Å². The second-order valence-electron chi connectivity index (χ2n) is 7.03. The molecule has 164 valence electrons. The highest BCUT2D eigenvalue weighted by Gasteiger charge is 2.24. The fourth-order valence-corrected chi connectivity index (χ4v) is 4.62. The van der Waals surface area contributed by atoms with Gasteiger partial charge in [0.2, 0.25) is 10.0 Å². The molecule has 8 nitrogen and oxygen atoms in total. The molecule has 0 atom stereocenters. The van der Waals surface area contributed by atoms with Crippen molar-refractivity contribution in [1.29, 1.82) is 0 Å². The summed E-state index contributed by atoms with van der Waals surface area (Å²) in [6.45, 7) is 6.67. The number of ether oxygens (including phenoxy) is 1. The number of fused-ring (bicyclic) bond motifs is 1. The lowest BCUT2D eigenvalue weighted by Gasteiger charge is -2.19. The van der Waals surface area contributed by atoms with E-state index in [0.29, 0.717) is 18.0 Å². The number of halogens is 1. The van der Waals surface area contributed by atoms with Crippen LogP contribution in [-0.4, -0.2) is 38.9 Å². The molecule has 0 saturated carbocycles. The first-order valence-electron chi connectivity index (χ1n) is 9.88. The molecule has 3 rings (SSSR count). The van der Waals surface area contributed by atoms with E-state index in [1.807, 2.05) is 6.07 Å². The number of furan rings is 1. The van der Waals surface area contributed by atoms with E-state index >= 15 is 0 Å². The summed E-state index contributed by atoms with van der Waals surface area (Å²) in [6, 6.07) is 6.29. The van der Waals surface area contributed by atoms with Crippen LogP contribution in [0.3, 0.4) is 0 Å². The van der Waals surface area contributed by atoms with Crippen LogP contribution in [0.4, 0.5) is 5.69 Å². The van der Waals surface area contributed by atoms with Gasteiger partial charge in [0.25, 0.3) is 5.91 Å². The number of hydrogen-bond acceptors (Lipinski definition) is 6. The Bertz CT molecular complexity index is 1010. The quantitative estimate of drug-likeness (QED) is 0.569. The number of rotatable bonds is 10. The Labute approximate surface area is 181 Å². The fourth-order valence-electron chi connectivity index (χ4n) is 3.08. The molecule has 2 heterocycles. The molecule has 1 aromatic carbocycles. The number of unbranched alkanes of at least 4 members (excludes halogenated alkanes) is 1. The van der Waals surface area contributed by atoms with Gasteiger partial charge in [-0.2, -0.15) is 0 Å². The molecule has 2 aromatic rings. The molecule has 10 heteroatoms. The van der Waals surface area contributed by atoms with E-state index in [0.717, 1.165) is 31.7 Å². The van der Waals surface area contributed by atoms with Crippen LogP contribution in [0.15, 0.2) is 33.6 Å². The summed E-state index contributed by atoms with van der Waals surface area (Å²) in [5.41, 5.74) is 0.342. The van der Waals surface area contributed by atoms with Gasteiger partial charge < -0.3 is 14.5 Å². The number of carbonyl (C=O) groups excluding carboxylic acids is 1. The van der Waals surface area contributed by atoms with Crippen molar-refractivity contribution in [3.8, 4) is 5.75 Å². The lowest BCUT2D eigenvalue weighted by atomic mass is 10.2. The molecule has 0 fully saturated rings. The van der Waals surface area contributed by atoms with Gasteiger partial charge in [0.1, 0.15) is 22.2 Å². The molecule has 30 heavy (non-hydrogen) atoms. The highest BCUT2D eigenvalue weighted by Crippen LogP contribution is 2.35. The van der Waals surface area contributed by atoms with E-state index in [2.05, 4.69) is 28.8 Å². The van der Waals surface area contributed by atoms with Gasteiger partial charge in [-0.25, -0.2) is 13.1 Å². The van der Waals surface area contributed by atoms with E-state index < -0.39 is 10.0 Å². The molecule has 0 aliphatic carbocycles. The molecule has 0 spiro atoms. The zero-order valence-electron chi connectivity index (χ0n) is 17.0. The first kappa shape index (κ1) is 22.6. The van der Waals surface area contributed by atoms with Crippen LogP contribution < -0.4 is 14.8 Å². The summed E-state index contributed by atoms with van der Waals surface area (Å²) >= 11 is 6.14. The number of sulfonamides is 1. The van der Waals surface area contributed by atoms with Gasteiger partial charge in [0, 0.05) is 6.07 Å². The highest BCUT2D eigenvalue weighted by molar-refractivity contribution is 7.89. The maximum atomic E-state index is 12.7. The number of nitrogens with zero attached hydrogens (tertiary/aromatic N) is 1. The van der Waals surface area contributed by atoms with Crippen molar-refractivity contribution < 1.29 is 22.4 Å². The predicted molar refractivity (Wildman–Crippen MR) is 114 cm³/mol. The van der Waals surface area contributed by atoms with Crippen LogP contribution in [0.2, 0.25) is 5.02 Å². The Morgan fingerprint density at radius 2 is 2.00 bits per heavy atom. The van der Waals surface area contributed by atoms with E-state index in [1.54, 1.807) is 6.07 Å². The Morgan fingerprint density at radius 3 is 2.73 bits per heavy atom. The molecule has 1 aliphatic heterocycles. The van der Waals surface area contributed by atoms with E-state index in [9.17, 15) is 13.2 Å². The predicted octanol–water partition coefficient (Wildman–Crippen LogP) is 3.36. The number of carbonyl (C=O) groups is 1. The third-order valence-corrected chi connectivity index (χ3v) is 6.63. The smallest absolute Gasteiger partial charge is 0.262 e. The fraction of sp³-hybridized carbons (Fsp3) is 0.450. The summed E-state index contributed by atoms with van der Waals surface area (Å²) in [4.78, 5) is 13.6. The Hall–Kier alpha value is -2.07. The van der Waals surface area contributed by atoms with E-state index in [1.165, 1.54) is 12.1 Å². The summed E-state index contributed by atoms with van der Waals surface area (Å²) < 4.78 is 39.0. The largest absolute Gasteiger partial charge is 0.482 e. The van der Waals surface area contributed by atoms with Crippen LogP contribution in [0.25, 0.3) is 0 Å². The second kappa shape index (κ2) is 9.82. The number of hydrogen-bond donors (Lipinski definition) is 2. The summed E-state index contributed by atoms with van der Waals surface area (Å²) in [6.07, 6.45) is 2.25. The Balaban J connectivity index is 1.66. The number of amides is 1. The number of nitrogens with one attached hydrogen (secondary N) is 2. The molecule has 0 unspecified atom stereocenters. The van der Waals surface area contributed by atoms with Gasteiger partial charge >= 0.3 is 0 Å². The highest BCUT2D eigenvalue weighted by atomic mass is 35.5. The molecule has 0 radical (unpaired) electrons. The molecule has 0 bridgehead atoms. The number of benzene rings is 1. The Morgan fingerprint density at radius 1 is 1.23 bits per heavy atom. The molecule has 1 aromatic heterocycles. The van der Waals surface area contributed by atoms with E-state index in [4.69, 9.17) is 20.8 Å². The SMILES string of the molecule is CCCCN(CC)Cc1ccc(CNS(=O)(=O)c2cc3c(cc2Cl)NC(=O)CO3)o1. The molecule has 2 N–H and O–H groups in total. The Kier molecular flexibility index (Phi) is 7.41. The molecule has 1 aliphatic rings. The minimum atomic E-state index is -3.91. The summed E-state index contributed by atoms with van der Waals surface area (Å²) in [5, 5.41) is 2.58. The molecular weight excluding hydrogens is 430 g/mol. The first-order valence-corrected chi connectivity index (χ1v) is 11.7. The monoisotopic (exact) mass is 455 g/mol. The third-order valence-electron chi connectivity index (χ3n) is 4.76. The van der Waals surface area contributed by atoms with Crippen LogP contribution in [-0.2, 0) is 27.9 Å². The normalized spacial score (nSPS) is 13.8. The second-order valence-corrected chi connectivity index (χ2v) is 9.17. The first-order chi connectivity index (χ1) is 14.3. The average Bonchev–Trinajstić information content (AvgIpc) is 3.16. The van der Waals surface area contributed by atoms with Crippen molar-refractivity contribution in [1.82, 2.24) is 9.62 Å². The standard InChI is InChI=1S/C20H26ClN3O5S/c1-3-5-8-24(4-2)12-15-7-6-14(29-15)11-22-30(26,27)19-10-18-17(9-16(19)21)23-20(25)13-28-18/h6-7,9-10,22H,3-5,8,11-13H2,1-2H3,(H,23,25). The van der Waals surface area contributed by atoms with Gasteiger partial charge in [-0.05, 0) is 37.7 Å². The van der Waals surface area contributed by atoms with Crippen molar-refractivity contribution in [2.45, 2.75) is 44.7 Å². The van der Waals surface area contributed by atoms with Crippen molar-refractivity contribution in [2.24, 2.45) is 0 Å². The molecule has 0 saturated heterocycles. The van der Waals surface area contributed by atoms with Gasteiger partial charge in [0.05, 0.1) is 23.8 Å². The topological polar surface area (TPSA) is 101 Å². The van der Waals surface area contributed by atoms with Crippen LogP contribution >= 0.6 is 11.6 Å². The van der Waals surface area contributed by atoms with E-state index in [-0.39, 0.29) is 34.7 Å². The van der Waals surface area contributed by atoms with Gasteiger partial charge in [-0.3, -0.25) is 9.69 Å². The summed E-state index contributed by atoms with van der Waals surface area (Å²) in [7, 11) is -3.91. The molecular formula is C20H26ClN3O5S. The van der Waals surface area contributed by atoms with Crippen molar-refractivity contribution >= 4 is 33.2 Å². The van der Waals surface area contributed by atoms with Gasteiger partial charge in [-0.1, -0.05) is 31.9 Å². The minimum Gasteiger partial charge on any atom is -0.482 e. The van der Waals surface area contributed by atoms with Crippen LogP contribution in [0, 0.1) is 0 Å². The minimum absolute atomic E-state index is 0.00553. The maximum Gasteiger partial charge on any atom is 0.262 e. The van der Waals surface area contributed by atoms with Crippen molar-refractivity contribution in [3.05, 3.63) is 40.8 Å². The number of anilines is 1. The third kappa shape index (κ3) is 5.54.